The molecule has 0 radical (unpaired) electrons. The van der Waals surface area contributed by atoms with Gasteiger partial charge in [-0.05, 0) is 38.5 Å². The Kier molecular flexibility index (Phi) is 4.35. The molecule has 0 heterocycles. The molecule has 1 aromatic rings. The molecular weight excluding hydrogens is 292 g/mol. The highest BCUT2D eigenvalue weighted by Gasteiger charge is 2.11. The van der Waals surface area contributed by atoms with E-state index in [4.69, 9.17) is 0 Å². The Morgan fingerprint density at radius 3 is 2.44 bits per heavy atom. The molecule has 16 heavy (non-hydrogen) atoms. The van der Waals surface area contributed by atoms with E-state index in [9.17, 15) is 8.42 Å². The van der Waals surface area contributed by atoms with E-state index in [1.807, 2.05) is 13.0 Å². The zero-order valence-electron chi connectivity index (χ0n) is 9.41. The molecule has 0 spiro atoms. The summed E-state index contributed by atoms with van der Waals surface area (Å²) in [6.07, 6.45) is 0. The van der Waals surface area contributed by atoms with E-state index < -0.39 is 10.2 Å². The summed E-state index contributed by atoms with van der Waals surface area (Å²) in [5, 5.41) is 0. The predicted molar refractivity (Wildman–Crippen MR) is 69.7 cm³/mol. The molecule has 0 aliphatic carbocycles. The summed E-state index contributed by atoms with van der Waals surface area (Å²) in [6, 6.07) is 5.16. The highest BCUT2D eigenvalue weighted by Crippen LogP contribution is 2.21. The standard InChI is InChI=1S/C10H15BrN2O2S/c1-7(2)12-16(14,15)13-9-5-4-8(3)10(11)6-9/h4-7,12-13H,1-3H3. The van der Waals surface area contributed by atoms with Crippen LogP contribution in [-0.4, -0.2) is 14.5 Å². The lowest BCUT2D eigenvalue weighted by Gasteiger charge is -2.12. The third kappa shape index (κ3) is 4.11. The Labute approximate surface area is 105 Å². The maximum Gasteiger partial charge on any atom is 0.299 e. The molecule has 90 valence electrons. The first-order chi connectivity index (χ1) is 7.30. The topological polar surface area (TPSA) is 58.2 Å². The molecule has 0 saturated heterocycles. The van der Waals surface area contributed by atoms with Gasteiger partial charge in [-0.3, -0.25) is 4.72 Å². The van der Waals surface area contributed by atoms with Crippen molar-refractivity contribution in [3.05, 3.63) is 28.2 Å². The van der Waals surface area contributed by atoms with Crippen LogP contribution in [0.2, 0.25) is 0 Å². The fourth-order valence-electron chi connectivity index (χ4n) is 1.15. The van der Waals surface area contributed by atoms with Crippen LogP contribution >= 0.6 is 15.9 Å². The molecule has 1 rings (SSSR count). The second-order valence-electron chi connectivity index (χ2n) is 3.84. The van der Waals surface area contributed by atoms with Gasteiger partial charge in [0.25, 0.3) is 10.2 Å². The minimum Gasteiger partial charge on any atom is -0.271 e. The minimum atomic E-state index is -3.48. The lowest BCUT2D eigenvalue weighted by Crippen LogP contribution is -2.35. The summed E-state index contributed by atoms with van der Waals surface area (Å²) in [5.41, 5.74) is 1.59. The van der Waals surface area contributed by atoms with Crippen LogP contribution in [0.5, 0.6) is 0 Å². The summed E-state index contributed by atoms with van der Waals surface area (Å²) < 4.78 is 28.9. The minimum absolute atomic E-state index is 0.133. The van der Waals surface area contributed by atoms with Crippen molar-refractivity contribution in [2.75, 3.05) is 4.72 Å². The predicted octanol–water partition coefficient (Wildman–Crippen LogP) is 2.41. The van der Waals surface area contributed by atoms with Gasteiger partial charge in [0.1, 0.15) is 0 Å². The van der Waals surface area contributed by atoms with E-state index in [0.717, 1.165) is 10.0 Å². The van der Waals surface area contributed by atoms with Gasteiger partial charge in [0.05, 0.1) is 5.69 Å². The molecule has 0 aromatic heterocycles. The molecule has 0 fully saturated rings. The first-order valence-electron chi connectivity index (χ1n) is 4.86. The number of hydrogen-bond acceptors (Lipinski definition) is 2. The highest BCUT2D eigenvalue weighted by molar-refractivity contribution is 9.10. The van der Waals surface area contributed by atoms with Crippen molar-refractivity contribution in [2.24, 2.45) is 0 Å². The second kappa shape index (κ2) is 5.16. The van der Waals surface area contributed by atoms with Crippen molar-refractivity contribution < 1.29 is 8.42 Å². The maximum absolute atomic E-state index is 11.6. The smallest absolute Gasteiger partial charge is 0.271 e. The van der Waals surface area contributed by atoms with Crippen LogP contribution in [0, 0.1) is 6.92 Å². The van der Waals surface area contributed by atoms with Gasteiger partial charge < -0.3 is 0 Å². The molecule has 0 unspecified atom stereocenters. The van der Waals surface area contributed by atoms with Crippen molar-refractivity contribution in [2.45, 2.75) is 26.8 Å². The molecule has 0 saturated carbocycles. The Morgan fingerprint density at radius 1 is 1.31 bits per heavy atom. The van der Waals surface area contributed by atoms with Crippen LogP contribution in [0.25, 0.3) is 0 Å². The summed E-state index contributed by atoms with van der Waals surface area (Å²) in [7, 11) is -3.48. The number of halogens is 1. The van der Waals surface area contributed by atoms with Gasteiger partial charge in [-0.15, -0.1) is 0 Å². The van der Waals surface area contributed by atoms with Crippen LogP contribution in [0.15, 0.2) is 22.7 Å². The van der Waals surface area contributed by atoms with Gasteiger partial charge in [0.2, 0.25) is 0 Å². The van der Waals surface area contributed by atoms with Crippen molar-refractivity contribution in [3.8, 4) is 0 Å². The maximum atomic E-state index is 11.6. The molecule has 4 nitrogen and oxygen atoms in total. The van der Waals surface area contributed by atoms with E-state index >= 15 is 0 Å². The van der Waals surface area contributed by atoms with E-state index in [2.05, 4.69) is 25.4 Å². The van der Waals surface area contributed by atoms with Crippen molar-refractivity contribution in [3.63, 3.8) is 0 Å². The molecule has 0 atom stereocenters. The molecule has 0 bridgehead atoms. The van der Waals surface area contributed by atoms with Gasteiger partial charge >= 0.3 is 0 Å². The SMILES string of the molecule is Cc1ccc(NS(=O)(=O)NC(C)C)cc1Br. The van der Waals surface area contributed by atoms with Gasteiger partial charge in [0, 0.05) is 10.5 Å². The lowest BCUT2D eigenvalue weighted by molar-refractivity contribution is 0.575. The monoisotopic (exact) mass is 306 g/mol. The Balaban J connectivity index is 2.84. The lowest BCUT2D eigenvalue weighted by atomic mass is 10.2. The third-order valence-electron chi connectivity index (χ3n) is 1.81. The summed E-state index contributed by atoms with van der Waals surface area (Å²) in [4.78, 5) is 0. The largest absolute Gasteiger partial charge is 0.299 e. The quantitative estimate of drug-likeness (QED) is 0.897. The van der Waals surface area contributed by atoms with Crippen LogP contribution < -0.4 is 9.44 Å². The third-order valence-corrected chi connectivity index (χ3v) is 3.96. The molecule has 1 aromatic carbocycles. The fraction of sp³-hybridized carbons (Fsp3) is 0.400. The summed E-state index contributed by atoms with van der Waals surface area (Å²) in [6.45, 7) is 5.48. The number of anilines is 1. The molecular formula is C10H15BrN2O2S. The average molecular weight is 307 g/mol. The number of rotatable bonds is 4. The zero-order chi connectivity index (χ0) is 12.3. The number of benzene rings is 1. The highest BCUT2D eigenvalue weighted by atomic mass is 79.9. The fourth-order valence-corrected chi connectivity index (χ4v) is 2.65. The van der Waals surface area contributed by atoms with Crippen LogP contribution in [0.4, 0.5) is 5.69 Å². The average Bonchev–Trinajstić information content (AvgIpc) is 2.08. The van der Waals surface area contributed by atoms with Crippen molar-refractivity contribution >= 4 is 31.8 Å². The van der Waals surface area contributed by atoms with Gasteiger partial charge in [0.15, 0.2) is 0 Å². The molecule has 0 amide bonds. The first kappa shape index (κ1) is 13.5. The van der Waals surface area contributed by atoms with Crippen molar-refractivity contribution in [1.29, 1.82) is 0 Å². The van der Waals surface area contributed by atoms with Gasteiger partial charge in [-0.2, -0.15) is 13.1 Å². The Bertz CT molecular complexity index is 472. The molecule has 6 heteroatoms. The van der Waals surface area contributed by atoms with Gasteiger partial charge in [-0.1, -0.05) is 22.0 Å². The van der Waals surface area contributed by atoms with Crippen LogP contribution in [0.3, 0.4) is 0 Å². The number of aryl methyl sites for hydroxylation is 1. The Morgan fingerprint density at radius 2 is 1.94 bits per heavy atom. The van der Waals surface area contributed by atoms with E-state index in [0.29, 0.717) is 5.69 Å². The van der Waals surface area contributed by atoms with Crippen LogP contribution in [0.1, 0.15) is 19.4 Å². The number of nitrogens with one attached hydrogen (secondary N) is 2. The van der Waals surface area contributed by atoms with E-state index in [1.165, 1.54) is 0 Å². The van der Waals surface area contributed by atoms with Crippen molar-refractivity contribution in [1.82, 2.24) is 4.72 Å². The Hall–Kier alpha value is -0.590. The normalized spacial score (nSPS) is 11.8. The summed E-state index contributed by atoms with van der Waals surface area (Å²) in [5.74, 6) is 0. The van der Waals surface area contributed by atoms with E-state index in [-0.39, 0.29) is 6.04 Å². The van der Waals surface area contributed by atoms with Gasteiger partial charge in [-0.25, -0.2) is 0 Å². The summed E-state index contributed by atoms with van der Waals surface area (Å²) >= 11 is 3.35. The molecule has 2 N–H and O–H groups in total. The molecule has 0 aliphatic heterocycles. The van der Waals surface area contributed by atoms with Crippen LogP contribution in [-0.2, 0) is 10.2 Å². The zero-order valence-corrected chi connectivity index (χ0v) is 11.8. The first-order valence-corrected chi connectivity index (χ1v) is 7.14. The second-order valence-corrected chi connectivity index (χ2v) is 6.14. The number of hydrogen-bond donors (Lipinski definition) is 2. The van der Waals surface area contributed by atoms with E-state index in [1.54, 1.807) is 26.0 Å². The molecule has 0 aliphatic rings.